The molecular formula is C12H21NO. The molecule has 0 aromatic carbocycles. The van der Waals surface area contributed by atoms with Gasteiger partial charge < -0.3 is 10.8 Å². The molecule has 2 atom stereocenters. The van der Waals surface area contributed by atoms with Gasteiger partial charge in [-0.15, -0.1) is 0 Å². The summed E-state index contributed by atoms with van der Waals surface area (Å²) >= 11 is 0. The van der Waals surface area contributed by atoms with Crippen molar-refractivity contribution >= 4 is 0 Å². The fourth-order valence-corrected chi connectivity index (χ4v) is 5.33. The summed E-state index contributed by atoms with van der Waals surface area (Å²) in [6.07, 6.45) is 5.54. The summed E-state index contributed by atoms with van der Waals surface area (Å²) in [5.41, 5.74) is 6.72. The van der Waals surface area contributed by atoms with Gasteiger partial charge in [0.2, 0.25) is 0 Å². The van der Waals surface area contributed by atoms with Crippen LogP contribution in [-0.2, 0) is 0 Å². The minimum atomic E-state index is -0.122. The van der Waals surface area contributed by atoms with Crippen molar-refractivity contribution in [3.8, 4) is 0 Å². The van der Waals surface area contributed by atoms with Crippen molar-refractivity contribution in [1.82, 2.24) is 0 Å². The molecule has 0 heterocycles. The molecule has 4 fully saturated rings. The van der Waals surface area contributed by atoms with Gasteiger partial charge in [0.1, 0.15) is 0 Å². The molecule has 14 heavy (non-hydrogen) atoms. The fourth-order valence-electron chi connectivity index (χ4n) is 5.33. The molecular weight excluding hydrogens is 174 g/mol. The second-order valence-electron chi connectivity index (χ2n) is 6.90. The second-order valence-corrected chi connectivity index (χ2v) is 6.90. The molecule has 2 nitrogen and oxygen atoms in total. The molecule has 4 saturated carbocycles. The van der Waals surface area contributed by atoms with Gasteiger partial charge in [-0.1, -0.05) is 13.8 Å². The van der Waals surface area contributed by atoms with Gasteiger partial charge in [-0.2, -0.15) is 0 Å². The summed E-state index contributed by atoms with van der Waals surface area (Å²) in [5, 5.41) is 10.4. The Hall–Kier alpha value is -0.0800. The molecule has 0 radical (unpaired) electrons. The highest BCUT2D eigenvalue weighted by Gasteiger charge is 2.63. The minimum Gasteiger partial charge on any atom is -0.392 e. The Morgan fingerprint density at radius 3 is 2.00 bits per heavy atom. The highest BCUT2D eigenvalue weighted by molar-refractivity contribution is 5.17. The zero-order valence-corrected chi connectivity index (χ0v) is 9.21. The molecule has 0 aliphatic heterocycles. The SMILES string of the molecule is CC12CC3CC(N)(C1)CC(C)(C3)C2O. The van der Waals surface area contributed by atoms with Crippen molar-refractivity contribution in [2.45, 2.75) is 57.6 Å². The molecule has 0 amide bonds. The second kappa shape index (κ2) is 2.19. The Bertz CT molecular complexity index is 268. The van der Waals surface area contributed by atoms with Crippen LogP contribution in [0.5, 0.6) is 0 Å². The van der Waals surface area contributed by atoms with Crippen molar-refractivity contribution in [3.63, 3.8) is 0 Å². The lowest BCUT2D eigenvalue weighted by Crippen LogP contribution is -2.68. The predicted octanol–water partition coefficient (Wildman–Crippen LogP) is 1.66. The van der Waals surface area contributed by atoms with E-state index in [2.05, 4.69) is 13.8 Å². The minimum absolute atomic E-state index is 0.0455. The Morgan fingerprint density at radius 2 is 1.57 bits per heavy atom. The van der Waals surface area contributed by atoms with E-state index in [4.69, 9.17) is 5.73 Å². The van der Waals surface area contributed by atoms with Crippen LogP contribution < -0.4 is 5.73 Å². The van der Waals surface area contributed by atoms with Gasteiger partial charge in [0, 0.05) is 5.54 Å². The Labute approximate surface area is 85.9 Å². The Kier molecular flexibility index (Phi) is 1.44. The zero-order valence-electron chi connectivity index (χ0n) is 9.21. The van der Waals surface area contributed by atoms with Crippen LogP contribution >= 0.6 is 0 Å². The molecule has 2 unspecified atom stereocenters. The van der Waals surface area contributed by atoms with Gasteiger partial charge in [-0.05, 0) is 48.9 Å². The van der Waals surface area contributed by atoms with Gasteiger partial charge in [0.25, 0.3) is 0 Å². The van der Waals surface area contributed by atoms with Crippen LogP contribution in [-0.4, -0.2) is 16.7 Å². The van der Waals surface area contributed by atoms with E-state index in [1.807, 2.05) is 0 Å². The van der Waals surface area contributed by atoms with E-state index >= 15 is 0 Å². The summed E-state index contributed by atoms with van der Waals surface area (Å²) in [4.78, 5) is 0. The first-order valence-electron chi connectivity index (χ1n) is 5.82. The van der Waals surface area contributed by atoms with Crippen LogP contribution in [0.25, 0.3) is 0 Å². The van der Waals surface area contributed by atoms with E-state index in [1.54, 1.807) is 0 Å². The monoisotopic (exact) mass is 195 g/mol. The first kappa shape index (κ1) is 9.17. The van der Waals surface area contributed by atoms with Crippen molar-refractivity contribution < 1.29 is 5.11 Å². The van der Waals surface area contributed by atoms with Crippen LogP contribution in [0.3, 0.4) is 0 Å². The molecule has 2 heteroatoms. The summed E-state index contributed by atoms with van der Waals surface area (Å²) in [7, 11) is 0. The van der Waals surface area contributed by atoms with Crippen LogP contribution in [0.1, 0.15) is 46.0 Å². The predicted molar refractivity (Wildman–Crippen MR) is 55.7 cm³/mol. The molecule has 4 bridgehead atoms. The fraction of sp³-hybridized carbons (Fsp3) is 1.00. The normalized spacial score (nSPS) is 66.0. The molecule has 4 rings (SSSR count). The summed E-state index contributed by atoms with van der Waals surface area (Å²) in [6, 6.07) is 0. The van der Waals surface area contributed by atoms with E-state index in [1.165, 1.54) is 19.3 Å². The third-order valence-electron chi connectivity index (χ3n) is 5.04. The van der Waals surface area contributed by atoms with E-state index < -0.39 is 0 Å². The molecule has 80 valence electrons. The van der Waals surface area contributed by atoms with Crippen molar-refractivity contribution in [2.24, 2.45) is 22.5 Å². The average Bonchev–Trinajstić information content (AvgIpc) is 1.95. The number of hydrogen-bond acceptors (Lipinski definition) is 2. The Morgan fingerprint density at radius 1 is 1.07 bits per heavy atom. The number of aliphatic hydroxyl groups is 1. The van der Waals surface area contributed by atoms with Gasteiger partial charge in [0.05, 0.1) is 6.10 Å². The quantitative estimate of drug-likeness (QED) is 0.617. The van der Waals surface area contributed by atoms with Crippen molar-refractivity contribution in [3.05, 3.63) is 0 Å². The number of rotatable bonds is 0. The first-order valence-corrected chi connectivity index (χ1v) is 5.82. The summed E-state index contributed by atoms with van der Waals surface area (Å²) in [6.45, 7) is 4.48. The van der Waals surface area contributed by atoms with Gasteiger partial charge in [-0.3, -0.25) is 0 Å². The van der Waals surface area contributed by atoms with E-state index in [0.29, 0.717) is 0 Å². The van der Waals surface area contributed by atoms with Crippen LogP contribution in [0.2, 0.25) is 0 Å². The maximum atomic E-state index is 10.4. The van der Waals surface area contributed by atoms with Crippen LogP contribution in [0, 0.1) is 16.7 Å². The van der Waals surface area contributed by atoms with Crippen LogP contribution in [0.15, 0.2) is 0 Å². The highest BCUT2D eigenvalue weighted by Crippen LogP contribution is 2.65. The highest BCUT2D eigenvalue weighted by atomic mass is 16.3. The standard InChI is InChI=1S/C12H21NO/c1-10-3-8-4-11(2,9(10)14)7-12(13,5-8)6-10/h8-9,14H,3-7,13H2,1-2H3. The summed E-state index contributed by atoms with van der Waals surface area (Å²) in [5.74, 6) is 0.779. The topological polar surface area (TPSA) is 46.2 Å². The van der Waals surface area contributed by atoms with E-state index in [0.717, 1.165) is 18.8 Å². The molecule has 0 aromatic rings. The lowest BCUT2D eigenvalue weighted by Gasteiger charge is -2.66. The number of nitrogens with two attached hydrogens (primary N) is 1. The molecule has 4 aliphatic carbocycles. The third-order valence-corrected chi connectivity index (χ3v) is 5.04. The maximum Gasteiger partial charge on any atom is 0.0648 e. The van der Waals surface area contributed by atoms with Crippen molar-refractivity contribution in [2.75, 3.05) is 0 Å². The maximum absolute atomic E-state index is 10.4. The average molecular weight is 195 g/mol. The van der Waals surface area contributed by atoms with Gasteiger partial charge >= 0.3 is 0 Å². The van der Waals surface area contributed by atoms with E-state index in [-0.39, 0.29) is 22.5 Å². The molecule has 4 aliphatic rings. The summed E-state index contributed by atoms with van der Waals surface area (Å²) < 4.78 is 0. The van der Waals surface area contributed by atoms with Crippen LogP contribution in [0.4, 0.5) is 0 Å². The van der Waals surface area contributed by atoms with E-state index in [9.17, 15) is 5.11 Å². The lowest BCUT2D eigenvalue weighted by molar-refractivity contribution is -0.198. The Balaban J connectivity index is 2.07. The number of hydrogen-bond donors (Lipinski definition) is 2. The van der Waals surface area contributed by atoms with Gasteiger partial charge in [0.15, 0.2) is 0 Å². The van der Waals surface area contributed by atoms with Gasteiger partial charge in [-0.25, -0.2) is 0 Å². The number of aliphatic hydroxyl groups excluding tert-OH is 1. The first-order chi connectivity index (χ1) is 6.35. The molecule has 0 aromatic heterocycles. The molecule has 3 N–H and O–H groups in total. The molecule has 0 saturated heterocycles. The zero-order chi connectivity index (χ0) is 10.2. The lowest BCUT2D eigenvalue weighted by atomic mass is 9.41. The largest absolute Gasteiger partial charge is 0.392 e. The van der Waals surface area contributed by atoms with Crippen molar-refractivity contribution in [1.29, 1.82) is 0 Å². The smallest absolute Gasteiger partial charge is 0.0648 e. The third kappa shape index (κ3) is 0.938. The molecule has 0 spiro atoms.